The van der Waals surface area contributed by atoms with Crippen molar-refractivity contribution in [2.24, 2.45) is 0 Å². The van der Waals surface area contributed by atoms with Crippen molar-refractivity contribution >= 4 is 54.0 Å². The standard InChI is InChI=1S/C21H20Cl3N2O5P/c1-3-29-32(28,30-4-2)20(24)21(27)25-14-8-5-7-13(11-14)18-12-17(26-31-18)19-15(22)9-6-10-16(19)23/h5-12,20H,3-4H2,1-2H3,(H,25,27). The minimum Gasteiger partial charge on any atom is -0.356 e. The van der Waals surface area contributed by atoms with Gasteiger partial charge in [-0.2, -0.15) is 0 Å². The fraction of sp³-hybridized carbons (Fsp3) is 0.238. The number of hydrogen-bond acceptors (Lipinski definition) is 6. The molecule has 0 fully saturated rings. The van der Waals surface area contributed by atoms with E-state index in [1.807, 2.05) is 0 Å². The second kappa shape index (κ2) is 10.8. The lowest BCUT2D eigenvalue weighted by Crippen LogP contribution is -2.25. The SMILES string of the molecule is CCOP(=O)(OCC)C(Cl)C(=O)Nc1cccc(-c2cc(-c3c(Cl)cccc3Cl)no2)c1. The molecule has 0 aliphatic carbocycles. The van der Waals surface area contributed by atoms with Crippen LogP contribution in [-0.2, 0) is 18.4 Å². The van der Waals surface area contributed by atoms with Crippen molar-refractivity contribution < 1.29 is 22.9 Å². The number of benzene rings is 2. The van der Waals surface area contributed by atoms with Gasteiger partial charge in [0, 0.05) is 22.9 Å². The zero-order chi connectivity index (χ0) is 23.3. The molecule has 0 aliphatic heterocycles. The van der Waals surface area contributed by atoms with Crippen LogP contribution in [0.15, 0.2) is 53.1 Å². The second-order valence-electron chi connectivity index (χ2n) is 6.45. The molecule has 0 radical (unpaired) electrons. The van der Waals surface area contributed by atoms with E-state index in [2.05, 4.69) is 10.5 Å². The normalized spacial score (nSPS) is 12.5. The molecule has 0 saturated heterocycles. The molecule has 1 heterocycles. The Morgan fingerprint density at radius 1 is 1.09 bits per heavy atom. The van der Waals surface area contributed by atoms with Crippen LogP contribution < -0.4 is 5.32 Å². The van der Waals surface area contributed by atoms with E-state index in [-0.39, 0.29) is 13.2 Å². The summed E-state index contributed by atoms with van der Waals surface area (Å²) < 4.78 is 28.5. The molecular weight excluding hydrogens is 498 g/mol. The van der Waals surface area contributed by atoms with Crippen molar-refractivity contribution in [1.82, 2.24) is 5.16 Å². The Balaban J connectivity index is 1.81. The first-order valence-electron chi connectivity index (χ1n) is 9.64. The third-order valence-electron chi connectivity index (χ3n) is 4.26. The highest BCUT2D eigenvalue weighted by Gasteiger charge is 2.39. The Labute approximate surface area is 200 Å². The average Bonchev–Trinajstić information content (AvgIpc) is 3.23. The van der Waals surface area contributed by atoms with Crippen LogP contribution in [0.1, 0.15) is 13.8 Å². The quantitative estimate of drug-likeness (QED) is 0.241. The number of nitrogens with zero attached hydrogens (tertiary/aromatic N) is 1. The van der Waals surface area contributed by atoms with E-state index in [4.69, 9.17) is 48.4 Å². The van der Waals surface area contributed by atoms with Gasteiger partial charge in [0.25, 0.3) is 5.91 Å². The van der Waals surface area contributed by atoms with Crippen molar-refractivity contribution in [1.29, 1.82) is 0 Å². The first-order valence-corrected chi connectivity index (χ1v) is 12.4. The summed E-state index contributed by atoms with van der Waals surface area (Å²) in [6, 6.07) is 13.6. The summed E-state index contributed by atoms with van der Waals surface area (Å²) in [6.45, 7) is 3.45. The van der Waals surface area contributed by atoms with Gasteiger partial charge in [-0.25, -0.2) is 0 Å². The zero-order valence-electron chi connectivity index (χ0n) is 17.2. The molecule has 32 heavy (non-hydrogen) atoms. The van der Waals surface area contributed by atoms with Gasteiger partial charge < -0.3 is 18.9 Å². The van der Waals surface area contributed by atoms with Gasteiger partial charge in [0.2, 0.25) is 5.12 Å². The predicted molar refractivity (Wildman–Crippen MR) is 127 cm³/mol. The fourth-order valence-electron chi connectivity index (χ4n) is 2.90. The van der Waals surface area contributed by atoms with Crippen molar-refractivity contribution in [2.45, 2.75) is 19.0 Å². The molecule has 11 heteroatoms. The van der Waals surface area contributed by atoms with Crippen LogP contribution >= 0.6 is 42.4 Å². The number of alkyl halides is 1. The summed E-state index contributed by atoms with van der Waals surface area (Å²) in [7, 11) is -3.81. The van der Waals surface area contributed by atoms with Gasteiger partial charge in [-0.05, 0) is 38.1 Å². The minimum atomic E-state index is -3.81. The van der Waals surface area contributed by atoms with Gasteiger partial charge in [0.15, 0.2) is 5.76 Å². The van der Waals surface area contributed by atoms with Crippen LogP contribution in [0.4, 0.5) is 5.69 Å². The molecular formula is C21H20Cl3N2O5P. The van der Waals surface area contributed by atoms with E-state index in [1.165, 1.54) is 0 Å². The summed E-state index contributed by atoms with van der Waals surface area (Å²) >= 11 is 18.6. The van der Waals surface area contributed by atoms with Crippen molar-refractivity contribution in [3.63, 3.8) is 0 Å². The van der Waals surface area contributed by atoms with Crippen molar-refractivity contribution in [3.05, 3.63) is 58.6 Å². The van der Waals surface area contributed by atoms with E-state index in [0.717, 1.165) is 0 Å². The largest absolute Gasteiger partial charge is 0.357 e. The molecule has 7 nitrogen and oxygen atoms in total. The van der Waals surface area contributed by atoms with Crippen molar-refractivity contribution in [3.8, 4) is 22.6 Å². The van der Waals surface area contributed by atoms with Crippen LogP contribution in [0.3, 0.4) is 0 Å². The first kappa shape index (κ1) is 24.8. The Morgan fingerprint density at radius 3 is 2.34 bits per heavy atom. The molecule has 1 aromatic heterocycles. The highest BCUT2D eigenvalue weighted by atomic mass is 35.5. The Kier molecular flexibility index (Phi) is 8.39. The summed E-state index contributed by atoms with van der Waals surface area (Å²) in [6.07, 6.45) is 0. The number of aromatic nitrogens is 1. The number of anilines is 1. The van der Waals surface area contributed by atoms with E-state index in [9.17, 15) is 9.36 Å². The maximum atomic E-state index is 12.7. The monoisotopic (exact) mass is 516 g/mol. The van der Waals surface area contributed by atoms with Crippen LogP contribution in [0.2, 0.25) is 10.0 Å². The number of rotatable bonds is 9. The molecule has 1 atom stereocenters. The van der Waals surface area contributed by atoms with Gasteiger partial charge in [-0.15, -0.1) is 0 Å². The molecule has 0 aliphatic rings. The number of nitrogens with one attached hydrogen (secondary N) is 1. The third-order valence-corrected chi connectivity index (χ3v) is 7.83. The molecule has 0 saturated carbocycles. The molecule has 170 valence electrons. The number of carbonyl (C=O) groups is 1. The molecule has 0 bridgehead atoms. The van der Waals surface area contributed by atoms with Crippen molar-refractivity contribution in [2.75, 3.05) is 18.5 Å². The molecule has 1 amide bonds. The molecule has 3 rings (SSSR count). The summed E-state index contributed by atoms with van der Waals surface area (Å²) in [5.41, 5.74) is 2.07. The average molecular weight is 518 g/mol. The van der Waals surface area contributed by atoms with E-state index < -0.39 is 18.6 Å². The Morgan fingerprint density at radius 2 is 1.72 bits per heavy atom. The lowest BCUT2D eigenvalue weighted by Gasteiger charge is -2.21. The van der Waals surface area contributed by atoms with Crippen LogP contribution in [0, 0.1) is 0 Å². The maximum absolute atomic E-state index is 12.7. The topological polar surface area (TPSA) is 90.7 Å². The molecule has 1 unspecified atom stereocenters. The van der Waals surface area contributed by atoms with E-state index in [0.29, 0.717) is 38.3 Å². The van der Waals surface area contributed by atoms with Gasteiger partial charge in [-0.3, -0.25) is 9.36 Å². The highest BCUT2D eigenvalue weighted by Crippen LogP contribution is 2.55. The van der Waals surface area contributed by atoms with Gasteiger partial charge >= 0.3 is 7.60 Å². The second-order valence-corrected chi connectivity index (χ2v) is 10.1. The highest BCUT2D eigenvalue weighted by molar-refractivity contribution is 7.57. The molecule has 0 spiro atoms. The number of halogens is 3. The lowest BCUT2D eigenvalue weighted by atomic mass is 10.1. The predicted octanol–water partition coefficient (Wildman–Crippen LogP) is 7.08. The maximum Gasteiger partial charge on any atom is 0.357 e. The summed E-state index contributed by atoms with van der Waals surface area (Å²) in [4.78, 5) is 12.6. The smallest absolute Gasteiger partial charge is 0.356 e. The number of carbonyl (C=O) groups excluding carboxylic acids is 1. The van der Waals surface area contributed by atoms with Gasteiger partial charge in [0.05, 0.1) is 23.3 Å². The van der Waals surface area contributed by atoms with E-state index >= 15 is 0 Å². The van der Waals surface area contributed by atoms with E-state index in [1.54, 1.807) is 62.4 Å². The Bertz CT molecular complexity index is 1120. The first-order chi connectivity index (χ1) is 15.3. The van der Waals surface area contributed by atoms with Crippen LogP contribution in [-0.4, -0.2) is 29.4 Å². The van der Waals surface area contributed by atoms with Crippen LogP contribution in [0.25, 0.3) is 22.6 Å². The van der Waals surface area contributed by atoms with Crippen LogP contribution in [0.5, 0.6) is 0 Å². The molecule has 3 aromatic rings. The summed E-state index contributed by atoms with van der Waals surface area (Å²) in [5, 5.41) is 6.06. The van der Waals surface area contributed by atoms with Gasteiger partial charge in [-0.1, -0.05) is 58.2 Å². The fourth-order valence-corrected chi connectivity index (χ4v) is 5.29. The number of hydrogen-bond donors (Lipinski definition) is 1. The molecule has 2 aromatic carbocycles. The third kappa shape index (κ3) is 5.54. The molecule has 1 N–H and O–H groups in total. The lowest BCUT2D eigenvalue weighted by molar-refractivity contribution is -0.114. The summed E-state index contributed by atoms with van der Waals surface area (Å²) in [5.74, 6) is -0.279. The number of amides is 1. The Hall–Kier alpha value is -1.86. The minimum absolute atomic E-state index is 0.0898. The van der Waals surface area contributed by atoms with Gasteiger partial charge in [0.1, 0.15) is 5.69 Å². The zero-order valence-corrected chi connectivity index (χ0v) is 20.3.